The molecule has 0 aromatic carbocycles. The lowest BCUT2D eigenvalue weighted by Gasteiger charge is -2.44. The van der Waals surface area contributed by atoms with E-state index in [4.69, 9.17) is 4.74 Å². The smallest absolute Gasteiger partial charge is 0.358 e. The summed E-state index contributed by atoms with van der Waals surface area (Å²) in [5, 5.41) is 9.60. The van der Waals surface area contributed by atoms with Gasteiger partial charge >= 0.3 is 5.97 Å². The number of ether oxygens (including phenoxy) is 1. The van der Waals surface area contributed by atoms with Gasteiger partial charge in [0.15, 0.2) is 5.69 Å². The number of hydrogen-bond acceptors (Lipinski definition) is 6. The Morgan fingerprint density at radius 1 is 1.24 bits per heavy atom. The highest BCUT2D eigenvalue weighted by molar-refractivity contribution is 7.09. The number of fused-ring (bicyclic) bond motifs is 1. The zero-order valence-corrected chi connectivity index (χ0v) is 20.9. The Kier molecular flexibility index (Phi) is 7.70. The Morgan fingerprint density at radius 3 is 2.65 bits per heavy atom. The van der Waals surface area contributed by atoms with Crippen molar-refractivity contribution in [3.63, 3.8) is 0 Å². The van der Waals surface area contributed by atoms with Crippen molar-refractivity contribution in [3.8, 4) is 0 Å². The maximum Gasteiger partial charge on any atom is 0.358 e. The molecule has 0 bridgehead atoms. The van der Waals surface area contributed by atoms with Gasteiger partial charge in [0.05, 0.1) is 13.2 Å². The summed E-state index contributed by atoms with van der Waals surface area (Å²) in [6.07, 6.45) is 8.45. The van der Waals surface area contributed by atoms with E-state index >= 15 is 0 Å². The Bertz CT molecular complexity index is 1010. The number of amides is 2. The fourth-order valence-corrected chi connectivity index (χ4v) is 5.61. The molecule has 9 heteroatoms. The van der Waals surface area contributed by atoms with E-state index in [-0.39, 0.29) is 36.7 Å². The van der Waals surface area contributed by atoms with Gasteiger partial charge in [0, 0.05) is 23.5 Å². The van der Waals surface area contributed by atoms with Crippen LogP contribution in [-0.4, -0.2) is 57.2 Å². The van der Waals surface area contributed by atoms with Crippen LogP contribution in [0.15, 0.2) is 23.6 Å². The molecule has 1 fully saturated rings. The van der Waals surface area contributed by atoms with Gasteiger partial charge in [-0.15, -0.1) is 11.3 Å². The third-order valence-corrected chi connectivity index (χ3v) is 7.81. The quantitative estimate of drug-likeness (QED) is 0.601. The van der Waals surface area contributed by atoms with Crippen molar-refractivity contribution in [2.75, 3.05) is 13.2 Å². The van der Waals surface area contributed by atoms with Crippen LogP contribution < -0.4 is 5.32 Å². The lowest BCUT2D eigenvalue weighted by Crippen LogP contribution is -2.65. The van der Waals surface area contributed by atoms with Crippen LogP contribution in [0.4, 0.5) is 0 Å². The van der Waals surface area contributed by atoms with Gasteiger partial charge in [-0.3, -0.25) is 14.3 Å². The van der Waals surface area contributed by atoms with Gasteiger partial charge in [0.2, 0.25) is 5.91 Å². The van der Waals surface area contributed by atoms with Gasteiger partial charge in [0.25, 0.3) is 5.91 Å². The first-order valence-corrected chi connectivity index (χ1v) is 13.2. The second-order valence-corrected chi connectivity index (χ2v) is 10.4. The van der Waals surface area contributed by atoms with E-state index in [9.17, 15) is 14.4 Å². The largest absolute Gasteiger partial charge is 0.461 e. The summed E-state index contributed by atoms with van der Waals surface area (Å²) in [4.78, 5) is 42.4. The molecule has 184 valence electrons. The van der Waals surface area contributed by atoms with Gasteiger partial charge in [-0.2, -0.15) is 5.10 Å². The van der Waals surface area contributed by atoms with E-state index in [1.165, 1.54) is 30.0 Å². The van der Waals surface area contributed by atoms with Crippen LogP contribution in [-0.2, 0) is 22.5 Å². The molecular formula is C25H34N4O4S. The highest BCUT2D eigenvalue weighted by atomic mass is 32.1. The van der Waals surface area contributed by atoms with Crippen LogP contribution in [0.3, 0.4) is 0 Å². The molecule has 4 rings (SSSR count). The van der Waals surface area contributed by atoms with E-state index in [0.717, 1.165) is 30.6 Å². The van der Waals surface area contributed by atoms with Gasteiger partial charge in [0.1, 0.15) is 11.2 Å². The van der Waals surface area contributed by atoms with Crippen molar-refractivity contribution in [2.45, 2.75) is 83.3 Å². The number of carbonyl (C=O) groups excluding carboxylic acids is 3. The van der Waals surface area contributed by atoms with Crippen molar-refractivity contribution in [1.82, 2.24) is 20.0 Å². The zero-order chi connectivity index (χ0) is 24.1. The summed E-state index contributed by atoms with van der Waals surface area (Å²) >= 11 is 1.64. The highest BCUT2D eigenvalue weighted by Crippen LogP contribution is 2.29. The third-order valence-electron chi connectivity index (χ3n) is 6.87. The molecule has 0 spiro atoms. The molecule has 2 aromatic rings. The Hall–Kier alpha value is -2.68. The first-order chi connectivity index (χ1) is 16.4. The number of rotatable bonds is 7. The highest BCUT2D eigenvalue weighted by Gasteiger charge is 2.48. The minimum absolute atomic E-state index is 0.0908. The number of nitrogens with one attached hydrogen (secondary N) is 1. The number of esters is 1. The van der Waals surface area contributed by atoms with Crippen molar-refractivity contribution in [3.05, 3.63) is 39.8 Å². The summed E-state index contributed by atoms with van der Waals surface area (Å²) in [6, 6.07) is 5.62. The summed E-state index contributed by atoms with van der Waals surface area (Å²) in [6.45, 7) is 4.36. The van der Waals surface area contributed by atoms with Crippen LogP contribution in [0.2, 0.25) is 0 Å². The second-order valence-electron chi connectivity index (χ2n) is 9.37. The average Bonchev–Trinajstić information content (AvgIpc) is 3.45. The fourth-order valence-electron chi connectivity index (χ4n) is 4.91. The normalized spacial score (nSPS) is 21.5. The molecule has 1 atom stereocenters. The lowest BCUT2D eigenvalue weighted by atomic mass is 9.92. The van der Waals surface area contributed by atoms with E-state index in [1.54, 1.807) is 23.2 Å². The van der Waals surface area contributed by atoms with E-state index in [2.05, 4.69) is 10.4 Å². The Morgan fingerprint density at radius 2 is 1.97 bits per heavy atom. The van der Waals surface area contributed by atoms with Crippen LogP contribution in [0, 0.1) is 0 Å². The molecule has 2 amide bonds. The fraction of sp³-hybridized carbons (Fsp3) is 0.600. The molecule has 1 unspecified atom stereocenters. The van der Waals surface area contributed by atoms with Crippen LogP contribution in [0.25, 0.3) is 0 Å². The van der Waals surface area contributed by atoms with E-state index in [0.29, 0.717) is 18.7 Å². The minimum Gasteiger partial charge on any atom is -0.461 e. The van der Waals surface area contributed by atoms with Gasteiger partial charge in [-0.05, 0) is 44.6 Å². The number of carbonyl (C=O) groups is 3. The summed E-state index contributed by atoms with van der Waals surface area (Å²) in [5.74, 6) is -1.01. The number of hydrogen-bond donors (Lipinski definition) is 1. The van der Waals surface area contributed by atoms with E-state index in [1.807, 2.05) is 24.4 Å². The third kappa shape index (κ3) is 5.19. The van der Waals surface area contributed by atoms with Crippen molar-refractivity contribution in [2.24, 2.45) is 0 Å². The molecule has 1 saturated carbocycles. The molecule has 1 aliphatic heterocycles. The Balaban J connectivity index is 1.60. The maximum absolute atomic E-state index is 13.7. The lowest BCUT2D eigenvalue weighted by molar-refractivity contribution is -0.134. The second kappa shape index (κ2) is 10.7. The standard InChI is InChI=1S/C25H34N4O4S/c1-3-33-23(31)20-16-21-22(30)28(14-13-19-12-9-15-34-19)25(2,17-29(21)27-20)24(32)26-18-10-7-5-4-6-8-11-18/h9,12,15-16,18H,3-8,10-11,13-14,17H2,1-2H3,(H,26,32). The topological polar surface area (TPSA) is 93.5 Å². The molecule has 3 heterocycles. The molecule has 2 aromatic heterocycles. The zero-order valence-electron chi connectivity index (χ0n) is 20.0. The Labute approximate surface area is 204 Å². The SMILES string of the molecule is CCOC(=O)c1cc2n(n1)CC(C)(C(=O)NC1CCCCCCC1)N(CCc1cccs1)C2=O. The molecule has 0 radical (unpaired) electrons. The summed E-state index contributed by atoms with van der Waals surface area (Å²) in [7, 11) is 0. The number of thiophene rings is 1. The molecular weight excluding hydrogens is 452 g/mol. The number of nitrogens with zero attached hydrogens (tertiary/aromatic N) is 3. The molecule has 34 heavy (non-hydrogen) atoms. The van der Waals surface area contributed by atoms with Crippen LogP contribution >= 0.6 is 11.3 Å². The molecule has 2 aliphatic rings. The van der Waals surface area contributed by atoms with Crippen molar-refractivity contribution >= 4 is 29.1 Å². The monoisotopic (exact) mass is 486 g/mol. The maximum atomic E-state index is 13.7. The summed E-state index contributed by atoms with van der Waals surface area (Å²) < 4.78 is 6.56. The van der Waals surface area contributed by atoms with Gasteiger partial charge < -0.3 is 15.0 Å². The molecule has 1 aliphatic carbocycles. The minimum atomic E-state index is -1.11. The predicted octanol–water partition coefficient (Wildman–Crippen LogP) is 3.81. The molecule has 1 N–H and O–H groups in total. The first kappa shape index (κ1) is 24.4. The van der Waals surface area contributed by atoms with Crippen molar-refractivity contribution in [1.29, 1.82) is 0 Å². The van der Waals surface area contributed by atoms with E-state index < -0.39 is 11.5 Å². The first-order valence-electron chi connectivity index (χ1n) is 12.3. The predicted molar refractivity (Wildman–Crippen MR) is 130 cm³/mol. The molecule has 8 nitrogen and oxygen atoms in total. The van der Waals surface area contributed by atoms with Crippen LogP contribution in [0.1, 0.15) is 84.6 Å². The van der Waals surface area contributed by atoms with Gasteiger partial charge in [-0.25, -0.2) is 4.79 Å². The summed E-state index contributed by atoms with van der Waals surface area (Å²) in [5.41, 5.74) is -0.708. The van der Waals surface area contributed by atoms with Crippen LogP contribution in [0.5, 0.6) is 0 Å². The average molecular weight is 487 g/mol. The number of aromatic nitrogens is 2. The molecule has 0 saturated heterocycles. The van der Waals surface area contributed by atoms with Gasteiger partial charge in [-0.1, -0.05) is 38.2 Å². The van der Waals surface area contributed by atoms with Crippen molar-refractivity contribution < 1.29 is 19.1 Å².